The highest BCUT2D eigenvalue weighted by Gasteiger charge is 2.18. The first-order valence-electron chi connectivity index (χ1n) is 8.78. The van der Waals surface area contributed by atoms with Crippen LogP contribution in [0.4, 0.5) is 10.1 Å². The van der Waals surface area contributed by atoms with E-state index in [0.29, 0.717) is 11.3 Å². The summed E-state index contributed by atoms with van der Waals surface area (Å²) in [7, 11) is 0. The summed E-state index contributed by atoms with van der Waals surface area (Å²) in [6.45, 7) is 8.68. The molecule has 0 aliphatic carbocycles. The Kier molecular flexibility index (Phi) is 3.74. The fourth-order valence-corrected chi connectivity index (χ4v) is 3.24. The molecule has 1 aliphatic heterocycles. The standard InChI is InChI=1S/C20H23FN4/c1-20(2,3)11-14-9-15-13-25(23-19(15)22-12-14)18-10-16(5-6-17(18)21)24-7-4-8-24/h5-6,9-10,12-13H,4,7-8,11H2,1-3H3. The van der Waals surface area contributed by atoms with E-state index in [4.69, 9.17) is 0 Å². The van der Waals surface area contributed by atoms with Crippen molar-refractivity contribution in [3.8, 4) is 5.69 Å². The maximum atomic E-state index is 14.4. The number of aromatic nitrogens is 3. The number of benzene rings is 1. The first-order chi connectivity index (χ1) is 11.9. The van der Waals surface area contributed by atoms with Crippen LogP contribution in [0.1, 0.15) is 32.8 Å². The highest BCUT2D eigenvalue weighted by atomic mass is 19.1. The van der Waals surface area contributed by atoms with Crippen LogP contribution < -0.4 is 4.90 Å². The van der Waals surface area contributed by atoms with Gasteiger partial charge in [-0.15, -0.1) is 5.10 Å². The molecule has 1 fully saturated rings. The summed E-state index contributed by atoms with van der Waals surface area (Å²) < 4.78 is 16.0. The molecule has 2 aromatic heterocycles. The zero-order valence-corrected chi connectivity index (χ0v) is 15.0. The highest BCUT2D eigenvalue weighted by molar-refractivity contribution is 5.75. The van der Waals surface area contributed by atoms with Crippen LogP contribution >= 0.6 is 0 Å². The average molecular weight is 338 g/mol. The Morgan fingerprint density at radius 2 is 1.96 bits per heavy atom. The molecule has 4 rings (SSSR count). The van der Waals surface area contributed by atoms with Crippen molar-refractivity contribution < 1.29 is 4.39 Å². The van der Waals surface area contributed by atoms with Crippen LogP contribution in [-0.4, -0.2) is 27.9 Å². The molecule has 1 aliphatic rings. The van der Waals surface area contributed by atoms with E-state index in [0.717, 1.165) is 30.6 Å². The molecule has 5 heteroatoms. The number of halogens is 1. The average Bonchev–Trinajstić information content (AvgIpc) is 2.88. The molecule has 1 aromatic carbocycles. The van der Waals surface area contributed by atoms with Gasteiger partial charge in [0.25, 0.3) is 0 Å². The van der Waals surface area contributed by atoms with Gasteiger partial charge in [0, 0.05) is 36.6 Å². The molecule has 0 saturated carbocycles. The number of rotatable bonds is 3. The summed E-state index contributed by atoms with van der Waals surface area (Å²) in [5.41, 5.74) is 3.53. The zero-order chi connectivity index (χ0) is 17.6. The number of hydrogen-bond acceptors (Lipinski definition) is 3. The summed E-state index contributed by atoms with van der Waals surface area (Å²) in [5, 5.41) is 5.41. The number of anilines is 1. The number of nitrogens with zero attached hydrogens (tertiary/aromatic N) is 4. The van der Waals surface area contributed by atoms with Crippen molar-refractivity contribution in [2.45, 2.75) is 33.6 Å². The van der Waals surface area contributed by atoms with E-state index in [-0.39, 0.29) is 11.2 Å². The maximum Gasteiger partial charge on any atom is 0.181 e. The van der Waals surface area contributed by atoms with Crippen molar-refractivity contribution in [3.05, 3.63) is 48.0 Å². The molecule has 0 bridgehead atoms. The third kappa shape index (κ3) is 3.23. The van der Waals surface area contributed by atoms with E-state index in [9.17, 15) is 4.39 Å². The number of fused-ring (bicyclic) bond motifs is 1. The second kappa shape index (κ2) is 5.83. The van der Waals surface area contributed by atoms with Crippen molar-refractivity contribution in [2.24, 2.45) is 5.41 Å². The third-order valence-electron chi connectivity index (χ3n) is 4.55. The minimum atomic E-state index is -0.271. The predicted molar refractivity (Wildman–Crippen MR) is 98.8 cm³/mol. The van der Waals surface area contributed by atoms with E-state index < -0.39 is 0 Å². The van der Waals surface area contributed by atoms with Gasteiger partial charge in [-0.25, -0.2) is 14.1 Å². The lowest BCUT2D eigenvalue weighted by atomic mass is 9.89. The molecule has 0 unspecified atom stereocenters. The van der Waals surface area contributed by atoms with Gasteiger partial charge >= 0.3 is 0 Å². The molecular formula is C20H23FN4. The van der Waals surface area contributed by atoms with Gasteiger partial charge in [0.2, 0.25) is 0 Å². The third-order valence-corrected chi connectivity index (χ3v) is 4.55. The van der Waals surface area contributed by atoms with Gasteiger partial charge in [-0.3, -0.25) is 0 Å². The van der Waals surface area contributed by atoms with Crippen molar-refractivity contribution in [2.75, 3.05) is 18.0 Å². The van der Waals surface area contributed by atoms with Crippen LogP contribution in [0.3, 0.4) is 0 Å². The molecule has 0 spiro atoms. The Balaban J connectivity index is 1.72. The van der Waals surface area contributed by atoms with Crippen LogP contribution in [0.2, 0.25) is 0 Å². The van der Waals surface area contributed by atoms with Crippen LogP contribution in [0.5, 0.6) is 0 Å². The van der Waals surface area contributed by atoms with E-state index in [1.807, 2.05) is 24.5 Å². The lowest BCUT2D eigenvalue weighted by Crippen LogP contribution is -2.37. The molecular weight excluding hydrogens is 315 g/mol. The molecule has 0 amide bonds. The quantitative estimate of drug-likeness (QED) is 0.711. The first kappa shape index (κ1) is 16.1. The van der Waals surface area contributed by atoms with Crippen molar-refractivity contribution in [3.63, 3.8) is 0 Å². The Morgan fingerprint density at radius 1 is 1.16 bits per heavy atom. The molecule has 4 nitrogen and oxygen atoms in total. The molecule has 3 aromatic rings. The topological polar surface area (TPSA) is 34.0 Å². The maximum absolute atomic E-state index is 14.4. The molecule has 0 N–H and O–H groups in total. The number of pyridine rings is 1. The number of hydrogen-bond donors (Lipinski definition) is 0. The second-order valence-electron chi connectivity index (χ2n) is 8.04. The Morgan fingerprint density at radius 3 is 2.64 bits per heavy atom. The summed E-state index contributed by atoms with van der Waals surface area (Å²) in [4.78, 5) is 6.70. The molecule has 0 atom stereocenters. The second-order valence-corrected chi connectivity index (χ2v) is 8.04. The van der Waals surface area contributed by atoms with Gasteiger partial charge in [-0.2, -0.15) is 0 Å². The SMILES string of the molecule is CC(C)(C)Cc1cnc2nn(-c3cc(N4CCC4)ccc3F)cc2c1. The summed E-state index contributed by atoms with van der Waals surface area (Å²) >= 11 is 0. The van der Waals surface area contributed by atoms with Gasteiger partial charge in [0.15, 0.2) is 5.65 Å². The van der Waals surface area contributed by atoms with E-state index in [1.165, 1.54) is 18.1 Å². The Bertz CT molecular complexity index is 919. The van der Waals surface area contributed by atoms with Crippen LogP contribution in [0.25, 0.3) is 16.7 Å². The van der Waals surface area contributed by atoms with Gasteiger partial charge in [0.1, 0.15) is 11.5 Å². The molecule has 1 saturated heterocycles. The summed E-state index contributed by atoms with van der Waals surface area (Å²) in [6.07, 6.45) is 5.88. The Labute approximate surface area is 147 Å². The minimum Gasteiger partial charge on any atom is -0.371 e. The van der Waals surface area contributed by atoms with E-state index >= 15 is 0 Å². The largest absolute Gasteiger partial charge is 0.371 e. The van der Waals surface area contributed by atoms with Crippen LogP contribution in [-0.2, 0) is 6.42 Å². The molecule has 0 radical (unpaired) electrons. The van der Waals surface area contributed by atoms with Gasteiger partial charge in [0.05, 0.1) is 0 Å². The van der Waals surface area contributed by atoms with Crippen LogP contribution in [0, 0.1) is 11.2 Å². The molecule has 3 heterocycles. The lowest BCUT2D eigenvalue weighted by Gasteiger charge is -2.33. The van der Waals surface area contributed by atoms with Gasteiger partial charge in [-0.05, 0) is 48.1 Å². The molecule has 25 heavy (non-hydrogen) atoms. The predicted octanol–water partition coefficient (Wildman–Crippen LogP) is 4.36. The highest BCUT2D eigenvalue weighted by Crippen LogP contribution is 2.27. The first-order valence-corrected chi connectivity index (χ1v) is 8.78. The van der Waals surface area contributed by atoms with Gasteiger partial charge in [-0.1, -0.05) is 20.8 Å². The summed E-state index contributed by atoms with van der Waals surface area (Å²) in [5.74, 6) is -0.271. The zero-order valence-electron chi connectivity index (χ0n) is 15.0. The Hall–Kier alpha value is -2.43. The van der Waals surface area contributed by atoms with Gasteiger partial charge < -0.3 is 4.90 Å². The normalized spacial score (nSPS) is 14.8. The fraction of sp³-hybridized carbons (Fsp3) is 0.400. The van der Waals surface area contributed by atoms with Crippen molar-refractivity contribution >= 4 is 16.7 Å². The molecule has 130 valence electrons. The fourth-order valence-electron chi connectivity index (χ4n) is 3.24. The monoisotopic (exact) mass is 338 g/mol. The van der Waals surface area contributed by atoms with Crippen molar-refractivity contribution in [1.82, 2.24) is 14.8 Å². The smallest absolute Gasteiger partial charge is 0.181 e. The van der Waals surface area contributed by atoms with Crippen LogP contribution in [0.15, 0.2) is 36.7 Å². The van der Waals surface area contributed by atoms with E-state index in [1.54, 1.807) is 4.68 Å². The lowest BCUT2D eigenvalue weighted by molar-refractivity contribution is 0.411. The minimum absolute atomic E-state index is 0.197. The van der Waals surface area contributed by atoms with Crippen molar-refractivity contribution in [1.29, 1.82) is 0 Å². The van der Waals surface area contributed by atoms with E-state index in [2.05, 4.69) is 41.8 Å². The summed E-state index contributed by atoms with van der Waals surface area (Å²) in [6, 6.07) is 7.33.